The van der Waals surface area contributed by atoms with Crippen LogP contribution in [0.2, 0.25) is 0 Å². The van der Waals surface area contributed by atoms with Crippen molar-refractivity contribution in [3.63, 3.8) is 0 Å². The summed E-state index contributed by atoms with van der Waals surface area (Å²) < 4.78 is 0. The lowest BCUT2D eigenvalue weighted by Crippen LogP contribution is -1.94. The summed E-state index contributed by atoms with van der Waals surface area (Å²) in [7, 11) is 0. The highest BCUT2D eigenvalue weighted by Crippen LogP contribution is 2.44. The van der Waals surface area contributed by atoms with Crippen LogP contribution in [0, 0.1) is 0 Å². The molecule has 0 bridgehead atoms. The molecule has 0 saturated heterocycles. The molecule has 0 aliphatic heterocycles. The third-order valence-electron chi connectivity index (χ3n) is 10.1. The van der Waals surface area contributed by atoms with Crippen molar-refractivity contribution in [2.24, 2.45) is 0 Å². The van der Waals surface area contributed by atoms with E-state index in [1.165, 1.54) is 55.6 Å². The summed E-state index contributed by atoms with van der Waals surface area (Å²) in [5, 5.41) is 0. The highest BCUT2D eigenvalue weighted by molar-refractivity contribution is 5.96. The molecule has 2 aromatic heterocycles. The third kappa shape index (κ3) is 6.77. The average molecular weight is 689 g/mol. The minimum Gasteiger partial charge on any atom is -0.265 e. The predicted octanol–water partition coefficient (Wildman–Crippen LogP) is 13.8. The van der Waals surface area contributed by atoms with E-state index in [2.05, 4.69) is 204 Å². The molecule has 9 rings (SSSR count). The fourth-order valence-corrected chi connectivity index (χ4v) is 7.32. The van der Waals surface area contributed by atoms with Crippen molar-refractivity contribution in [2.75, 3.05) is 0 Å². The van der Waals surface area contributed by atoms with Crippen LogP contribution < -0.4 is 0 Å². The Balaban J connectivity index is 1.27. The molecular formula is C52H36N2. The Labute approximate surface area is 316 Å². The van der Waals surface area contributed by atoms with Crippen LogP contribution in [0.4, 0.5) is 0 Å². The Kier molecular flexibility index (Phi) is 8.99. The van der Waals surface area contributed by atoms with Gasteiger partial charge >= 0.3 is 0 Å². The van der Waals surface area contributed by atoms with Gasteiger partial charge in [0, 0.05) is 24.8 Å². The van der Waals surface area contributed by atoms with Gasteiger partial charge in [-0.25, -0.2) is 0 Å². The Morgan fingerprint density at radius 1 is 0.185 bits per heavy atom. The molecule has 0 N–H and O–H groups in total. The van der Waals surface area contributed by atoms with E-state index in [9.17, 15) is 0 Å². The topological polar surface area (TPSA) is 25.8 Å². The zero-order valence-electron chi connectivity index (χ0n) is 29.7. The van der Waals surface area contributed by atoms with Crippen molar-refractivity contribution in [3.05, 3.63) is 219 Å². The van der Waals surface area contributed by atoms with Gasteiger partial charge in [0.05, 0.1) is 0 Å². The first kappa shape index (κ1) is 32.7. The second-order valence-electron chi connectivity index (χ2n) is 13.5. The van der Waals surface area contributed by atoms with Crippen molar-refractivity contribution in [3.8, 4) is 89.0 Å². The zero-order chi connectivity index (χ0) is 36.1. The molecule has 0 atom stereocenters. The van der Waals surface area contributed by atoms with Gasteiger partial charge in [0.25, 0.3) is 0 Å². The first-order valence-electron chi connectivity index (χ1n) is 18.3. The molecule has 0 radical (unpaired) electrons. The number of aromatic nitrogens is 2. The molecule has 54 heavy (non-hydrogen) atoms. The molecule has 2 heteroatoms. The molecule has 0 aliphatic rings. The van der Waals surface area contributed by atoms with Gasteiger partial charge in [-0.1, -0.05) is 146 Å². The Bertz CT molecular complexity index is 2470. The summed E-state index contributed by atoms with van der Waals surface area (Å²) in [5.74, 6) is 0. The maximum Gasteiger partial charge on any atom is 0.0273 e. The summed E-state index contributed by atoms with van der Waals surface area (Å²) in [6.45, 7) is 0. The quantitative estimate of drug-likeness (QED) is 0.159. The number of rotatable bonds is 8. The van der Waals surface area contributed by atoms with Crippen molar-refractivity contribution in [2.45, 2.75) is 0 Å². The molecule has 0 amide bonds. The molecule has 9 aromatic rings. The lowest BCUT2D eigenvalue weighted by molar-refractivity contribution is 1.33. The maximum atomic E-state index is 4.22. The minimum absolute atomic E-state index is 1.15. The van der Waals surface area contributed by atoms with Crippen molar-refractivity contribution in [1.29, 1.82) is 0 Å². The predicted molar refractivity (Wildman–Crippen MR) is 226 cm³/mol. The Morgan fingerprint density at radius 3 is 0.852 bits per heavy atom. The first-order valence-corrected chi connectivity index (χ1v) is 18.3. The summed E-state index contributed by atoms with van der Waals surface area (Å²) in [6.07, 6.45) is 7.38. The lowest BCUT2D eigenvalue weighted by Gasteiger charge is -2.20. The van der Waals surface area contributed by atoms with E-state index < -0.39 is 0 Å². The van der Waals surface area contributed by atoms with Crippen LogP contribution in [0.3, 0.4) is 0 Å². The van der Waals surface area contributed by atoms with Crippen molar-refractivity contribution in [1.82, 2.24) is 9.97 Å². The van der Waals surface area contributed by atoms with Crippen LogP contribution in [-0.4, -0.2) is 9.97 Å². The van der Waals surface area contributed by atoms with Crippen LogP contribution in [-0.2, 0) is 0 Å². The number of hydrogen-bond acceptors (Lipinski definition) is 2. The second-order valence-corrected chi connectivity index (χ2v) is 13.5. The molecular weight excluding hydrogens is 653 g/mol. The van der Waals surface area contributed by atoms with Gasteiger partial charge in [0.15, 0.2) is 0 Å². The highest BCUT2D eigenvalue weighted by Gasteiger charge is 2.18. The number of nitrogens with zero attached hydrogens (tertiary/aromatic N) is 2. The van der Waals surface area contributed by atoms with Crippen LogP contribution in [0.25, 0.3) is 89.0 Å². The normalized spacial score (nSPS) is 11.0. The smallest absolute Gasteiger partial charge is 0.0273 e. The summed E-state index contributed by atoms with van der Waals surface area (Å²) >= 11 is 0. The number of benzene rings is 7. The molecule has 0 unspecified atom stereocenters. The van der Waals surface area contributed by atoms with Gasteiger partial charge in [0.2, 0.25) is 0 Å². The van der Waals surface area contributed by atoms with E-state index >= 15 is 0 Å². The zero-order valence-corrected chi connectivity index (χ0v) is 29.7. The summed E-state index contributed by atoms with van der Waals surface area (Å²) in [5.41, 5.74) is 18.8. The van der Waals surface area contributed by atoms with E-state index in [-0.39, 0.29) is 0 Å². The summed E-state index contributed by atoms with van der Waals surface area (Å²) in [6, 6.07) is 70.1. The van der Waals surface area contributed by atoms with Gasteiger partial charge in [-0.15, -0.1) is 0 Å². The van der Waals surface area contributed by atoms with Crippen molar-refractivity contribution < 1.29 is 0 Å². The Morgan fingerprint density at radius 2 is 0.463 bits per heavy atom. The van der Waals surface area contributed by atoms with Gasteiger partial charge in [-0.2, -0.15) is 0 Å². The van der Waals surface area contributed by atoms with E-state index in [0.29, 0.717) is 0 Å². The molecule has 0 spiro atoms. The van der Waals surface area contributed by atoms with Crippen LogP contribution in [0.15, 0.2) is 219 Å². The molecule has 2 nitrogen and oxygen atoms in total. The monoisotopic (exact) mass is 688 g/mol. The maximum absolute atomic E-state index is 4.22. The largest absolute Gasteiger partial charge is 0.265 e. The standard InChI is InChI=1S/C52H36N2/c1-3-9-37(10-4-1)45-13-7-15-47(33-45)51-36-52(48-16-8-14-46(34-48)38-11-5-2-6-12-38)50(44-23-19-40(20-24-44)42-27-31-54-32-28-42)35-49(51)43-21-17-39(18-22-43)41-25-29-53-30-26-41/h1-36H. The van der Waals surface area contributed by atoms with Crippen LogP contribution in [0.1, 0.15) is 0 Å². The number of pyridine rings is 2. The molecule has 0 aliphatic carbocycles. The van der Waals surface area contributed by atoms with E-state index in [0.717, 1.165) is 33.4 Å². The van der Waals surface area contributed by atoms with Crippen LogP contribution >= 0.6 is 0 Å². The molecule has 2 heterocycles. The third-order valence-corrected chi connectivity index (χ3v) is 10.1. The van der Waals surface area contributed by atoms with E-state index in [4.69, 9.17) is 0 Å². The van der Waals surface area contributed by atoms with E-state index in [1.54, 1.807) is 0 Å². The van der Waals surface area contributed by atoms with Crippen molar-refractivity contribution >= 4 is 0 Å². The van der Waals surface area contributed by atoms with Gasteiger partial charge in [-0.05, 0) is 138 Å². The van der Waals surface area contributed by atoms with E-state index in [1.807, 2.05) is 24.8 Å². The van der Waals surface area contributed by atoms with Gasteiger partial charge < -0.3 is 0 Å². The SMILES string of the molecule is c1ccc(-c2cccc(-c3cc(-c4cccc(-c5ccccc5)c4)c(-c4ccc(-c5ccncc5)cc4)cc3-c3ccc(-c4ccncc4)cc3)c2)cc1. The molecule has 254 valence electrons. The second kappa shape index (κ2) is 14.8. The fraction of sp³-hybridized carbons (Fsp3) is 0. The highest BCUT2D eigenvalue weighted by atomic mass is 14.6. The molecule has 0 saturated carbocycles. The Hall–Kier alpha value is -7.16. The van der Waals surface area contributed by atoms with Gasteiger partial charge in [0.1, 0.15) is 0 Å². The van der Waals surface area contributed by atoms with Crippen LogP contribution in [0.5, 0.6) is 0 Å². The summed E-state index contributed by atoms with van der Waals surface area (Å²) in [4.78, 5) is 8.45. The number of hydrogen-bond donors (Lipinski definition) is 0. The first-order chi connectivity index (χ1) is 26.8. The average Bonchev–Trinajstić information content (AvgIpc) is 3.27. The molecule has 0 fully saturated rings. The lowest BCUT2D eigenvalue weighted by atomic mass is 9.84. The minimum atomic E-state index is 1.15. The molecule has 7 aromatic carbocycles. The van der Waals surface area contributed by atoms with Gasteiger partial charge in [-0.3, -0.25) is 9.97 Å². The fourth-order valence-electron chi connectivity index (χ4n) is 7.32.